The Hall–Kier alpha value is -1.32. The van der Waals surface area contributed by atoms with Gasteiger partial charge in [-0.05, 0) is 39.8 Å². The minimum atomic E-state index is 0.176. The van der Waals surface area contributed by atoms with Crippen LogP contribution in [0, 0.1) is 0 Å². The third-order valence-corrected chi connectivity index (χ3v) is 2.73. The normalized spacial score (nSPS) is 12.0. The Bertz CT molecular complexity index is 408. The van der Waals surface area contributed by atoms with Crippen molar-refractivity contribution in [1.82, 2.24) is 5.32 Å². The van der Waals surface area contributed by atoms with Crippen molar-refractivity contribution in [2.24, 2.45) is 0 Å². The van der Waals surface area contributed by atoms with Crippen LogP contribution in [0.4, 0.5) is 0 Å². The van der Waals surface area contributed by atoms with Gasteiger partial charge < -0.3 is 14.8 Å². The maximum Gasteiger partial charge on any atom is 0.126 e. The molecule has 0 aromatic heterocycles. The molecule has 0 saturated carbocycles. The summed E-state index contributed by atoms with van der Waals surface area (Å²) in [5, 5.41) is 3.47. The Morgan fingerprint density at radius 3 is 2.60 bits per heavy atom. The van der Waals surface area contributed by atoms with Crippen molar-refractivity contribution < 1.29 is 9.47 Å². The van der Waals surface area contributed by atoms with Crippen LogP contribution in [-0.4, -0.2) is 32.4 Å². The molecule has 0 saturated heterocycles. The average Bonchev–Trinajstić information content (AvgIpc) is 2.39. The highest BCUT2D eigenvalue weighted by Crippen LogP contribution is 2.19. The average molecular weight is 277 g/mol. The van der Waals surface area contributed by atoms with Crippen molar-refractivity contribution in [3.63, 3.8) is 0 Å². The molecule has 0 aliphatic heterocycles. The van der Waals surface area contributed by atoms with Crippen LogP contribution in [0.15, 0.2) is 30.3 Å². The molecule has 1 aromatic carbocycles. The number of ether oxygens (including phenoxy) is 2. The number of rotatable bonds is 8. The van der Waals surface area contributed by atoms with Gasteiger partial charge in [-0.1, -0.05) is 30.4 Å². The van der Waals surface area contributed by atoms with E-state index in [2.05, 4.69) is 44.3 Å². The van der Waals surface area contributed by atoms with Crippen LogP contribution in [0.3, 0.4) is 0 Å². The SMILES string of the molecule is COCCOc1ccccc1/C=C/CCNC(C)(C)C. The zero-order valence-corrected chi connectivity index (χ0v) is 13.1. The fourth-order valence-electron chi connectivity index (χ4n) is 1.73. The molecule has 20 heavy (non-hydrogen) atoms. The number of benzene rings is 1. The number of para-hydroxylation sites is 1. The van der Waals surface area contributed by atoms with Crippen molar-refractivity contribution in [3.8, 4) is 5.75 Å². The van der Waals surface area contributed by atoms with E-state index in [4.69, 9.17) is 9.47 Å². The van der Waals surface area contributed by atoms with Crippen molar-refractivity contribution in [1.29, 1.82) is 0 Å². The summed E-state index contributed by atoms with van der Waals surface area (Å²) in [6, 6.07) is 8.06. The van der Waals surface area contributed by atoms with E-state index in [1.165, 1.54) is 0 Å². The van der Waals surface area contributed by atoms with E-state index < -0.39 is 0 Å². The molecule has 0 atom stereocenters. The van der Waals surface area contributed by atoms with Crippen LogP contribution < -0.4 is 10.1 Å². The fraction of sp³-hybridized carbons (Fsp3) is 0.529. The minimum absolute atomic E-state index is 0.176. The summed E-state index contributed by atoms with van der Waals surface area (Å²) in [5.41, 5.74) is 1.29. The molecule has 112 valence electrons. The van der Waals surface area contributed by atoms with Crippen molar-refractivity contribution in [2.45, 2.75) is 32.7 Å². The molecule has 0 bridgehead atoms. The van der Waals surface area contributed by atoms with Crippen LogP contribution >= 0.6 is 0 Å². The second kappa shape index (κ2) is 8.77. The predicted molar refractivity (Wildman–Crippen MR) is 85.2 cm³/mol. The molecule has 0 radical (unpaired) electrons. The monoisotopic (exact) mass is 277 g/mol. The van der Waals surface area contributed by atoms with Gasteiger partial charge in [-0.3, -0.25) is 0 Å². The highest BCUT2D eigenvalue weighted by Gasteiger charge is 2.06. The molecule has 1 rings (SSSR count). The molecule has 0 amide bonds. The summed E-state index contributed by atoms with van der Waals surface area (Å²) in [4.78, 5) is 0. The zero-order valence-electron chi connectivity index (χ0n) is 13.1. The van der Waals surface area contributed by atoms with Gasteiger partial charge in [-0.15, -0.1) is 0 Å². The number of hydrogen-bond acceptors (Lipinski definition) is 3. The molecule has 3 heteroatoms. The third-order valence-electron chi connectivity index (χ3n) is 2.73. The first-order valence-corrected chi connectivity index (χ1v) is 7.15. The molecule has 3 nitrogen and oxygen atoms in total. The lowest BCUT2D eigenvalue weighted by atomic mass is 10.1. The number of nitrogens with one attached hydrogen (secondary N) is 1. The topological polar surface area (TPSA) is 30.5 Å². The minimum Gasteiger partial charge on any atom is -0.491 e. The second-order valence-corrected chi connectivity index (χ2v) is 5.75. The maximum absolute atomic E-state index is 5.70. The van der Waals surface area contributed by atoms with Crippen molar-refractivity contribution in [2.75, 3.05) is 26.9 Å². The molecular formula is C17H27NO2. The first-order valence-electron chi connectivity index (χ1n) is 7.15. The van der Waals surface area contributed by atoms with E-state index in [1.807, 2.05) is 18.2 Å². The Morgan fingerprint density at radius 1 is 1.15 bits per heavy atom. The van der Waals surface area contributed by atoms with Crippen LogP contribution in [0.2, 0.25) is 0 Å². The van der Waals surface area contributed by atoms with E-state index in [9.17, 15) is 0 Å². The Labute approximate surface area is 123 Å². The van der Waals surface area contributed by atoms with E-state index in [1.54, 1.807) is 7.11 Å². The van der Waals surface area contributed by atoms with Gasteiger partial charge in [0, 0.05) is 18.2 Å². The van der Waals surface area contributed by atoms with Gasteiger partial charge in [0.25, 0.3) is 0 Å². The quantitative estimate of drug-likeness (QED) is 0.738. The lowest BCUT2D eigenvalue weighted by molar-refractivity contribution is 0.146. The number of hydrogen-bond donors (Lipinski definition) is 1. The van der Waals surface area contributed by atoms with Gasteiger partial charge in [0.2, 0.25) is 0 Å². The summed E-state index contributed by atoms with van der Waals surface area (Å²) in [7, 11) is 1.68. The standard InChI is InChI=1S/C17H27NO2/c1-17(2,3)18-12-8-7-10-15-9-5-6-11-16(15)20-14-13-19-4/h5-7,9-11,18H,8,12-14H2,1-4H3/b10-7+. The Balaban J connectivity index is 2.45. The molecule has 0 spiro atoms. The summed E-state index contributed by atoms with van der Waals surface area (Å²) in [6.07, 6.45) is 5.30. The lowest BCUT2D eigenvalue weighted by Crippen LogP contribution is -2.36. The molecular weight excluding hydrogens is 250 g/mol. The zero-order chi connectivity index (χ0) is 14.8. The van der Waals surface area contributed by atoms with Crippen LogP contribution in [-0.2, 0) is 4.74 Å². The first kappa shape index (κ1) is 16.7. The Morgan fingerprint density at radius 2 is 1.90 bits per heavy atom. The smallest absolute Gasteiger partial charge is 0.126 e. The van der Waals surface area contributed by atoms with Crippen LogP contribution in [0.5, 0.6) is 5.75 Å². The van der Waals surface area contributed by atoms with Gasteiger partial charge in [0.15, 0.2) is 0 Å². The van der Waals surface area contributed by atoms with Gasteiger partial charge in [-0.2, -0.15) is 0 Å². The molecule has 0 aliphatic carbocycles. The largest absolute Gasteiger partial charge is 0.491 e. The lowest BCUT2D eigenvalue weighted by Gasteiger charge is -2.19. The molecule has 1 aromatic rings. The van der Waals surface area contributed by atoms with Crippen molar-refractivity contribution in [3.05, 3.63) is 35.9 Å². The van der Waals surface area contributed by atoms with E-state index in [0.29, 0.717) is 13.2 Å². The highest BCUT2D eigenvalue weighted by molar-refractivity contribution is 5.57. The molecule has 1 N–H and O–H groups in total. The fourth-order valence-corrected chi connectivity index (χ4v) is 1.73. The summed E-state index contributed by atoms with van der Waals surface area (Å²) in [6.45, 7) is 8.69. The van der Waals surface area contributed by atoms with Crippen LogP contribution in [0.25, 0.3) is 6.08 Å². The summed E-state index contributed by atoms with van der Waals surface area (Å²) >= 11 is 0. The van der Waals surface area contributed by atoms with Gasteiger partial charge >= 0.3 is 0 Å². The van der Waals surface area contributed by atoms with E-state index >= 15 is 0 Å². The Kier molecular flexibility index (Phi) is 7.34. The van der Waals surface area contributed by atoms with Gasteiger partial charge in [0.05, 0.1) is 6.61 Å². The highest BCUT2D eigenvalue weighted by atomic mass is 16.5. The summed E-state index contributed by atoms with van der Waals surface area (Å²) < 4.78 is 10.7. The molecule has 0 aliphatic rings. The molecule has 0 heterocycles. The van der Waals surface area contributed by atoms with Crippen LogP contribution in [0.1, 0.15) is 32.8 Å². The van der Waals surface area contributed by atoms with Crippen molar-refractivity contribution >= 4 is 6.08 Å². The maximum atomic E-state index is 5.70. The molecule has 0 unspecified atom stereocenters. The first-order chi connectivity index (χ1) is 9.53. The second-order valence-electron chi connectivity index (χ2n) is 5.75. The molecule has 0 fully saturated rings. The van der Waals surface area contributed by atoms with Gasteiger partial charge in [0.1, 0.15) is 12.4 Å². The summed E-state index contributed by atoms with van der Waals surface area (Å²) in [5.74, 6) is 0.907. The van der Waals surface area contributed by atoms with E-state index in [0.717, 1.165) is 24.3 Å². The van der Waals surface area contributed by atoms with E-state index in [-0.39, 0.29) is 5.54 Å². The third kappa shape index (κ3) is 7.31. The van der Waals surface area contributed by atoms with Gasteiger partial charge in [-0.25, -0.2) is 0 Å². The predicted octanol–water partition coefficient (Wildman–Crippen LogP) is 3.50. The number of methoxy groups -OCH3 is 1.